The molecule has 2 aliphatic rings. The van der Waals surface area contributed by atoms with Crippen molar-refractivity contribution in [3.8, 4) is 0 Å². The van der Waals surface area contributed by atoms with Gasteiger partial charge in [-0.3, -0.25) is 9.69 Å². The topological polar surface area (TPSA) is 48.7 Å². The van der Waals surface area contributed by atoms with Crippen LogP contribution in [-0.4, -0.2) is 49.6 Å². The van der Waals surface area contributed by atoms with Crippen LogP contribution in [0.1, 0.15) is 42.7 Å². The van der Waals surface area contributed by atoms with E-state index in [4.69, 9.17) is 27.6 Å². The zero-order valence-electron chi connectivity index (χ0n) is 17.2. The van der Waals surface area contributed by atoms with Crippen LogP contribution in [0.3, 0.4) is 0 Å². The van der Waals surface area contributed by atoms with Crippen molar-refractivity contribution in [1.29, 1.82) is 0 Å². The summed E-state index contributed by atoms with van der Waals surface area (Å²) in [5.41, 5.74) is 1.04. The smallest absolute Gasteiger partial charge is 0.287 e. The normalized spacial score (nSPS) is 22.8. The molecule has 1 aliphatic carbocycles. The molecule has 0 spiro atoms. The number of carbonyl (C=O) groups excluding carboxylic acids is 1. The summed E-state index contributed by atoms with van der Waals surface area (Å²) in [7, 11) is 0. The third-order valence-electron chi connectivity index (χ3n) is 6.42. The Bertz CT molecular complexity index is 827. The lowest BCUT2D eigenvalue weighted by atomic mass is 9.84. The average molecular weight is 450 g/mol. The largest absolute Gasteiger partial charge is 0.459 e. The van der Waals surface area contributed by atoms with Crippen molar-refractivity contribution < 1.29 is 9.21 Å². The quantitative estimate of drug-likeness (QED) is 0.667. The fourth-order valence-electron chi connectivity index (χ4n) is 4.57. The van der Waals surface area contributed by atoms with Crippen LogP contribution in [0.4, 0.5) is 5.69 Å². The Morgan fingerprint density at radius 2 is 1.80 bits per heavy atom. The number of nitrogens with one attached hydrogen (secondary N) is 1. The molecule has 4 rings (SSSR count). The summed E-state index contributed by atoms with van der Waals surface area (Å²) >= 11 is 12.5. The second kappa shape index (κ2) is 10.1. The van der Waals surface area contributed by atoms with Crippen molar-refractivity contribution in [2.45, 2.75) is 38.1 Å². The van der Waals surface area contributed by atoms with Gasteiger partial charge in [-0.2, -0.15) is 0 Å². The summed E-state index contributed by atoms with van der Waals surface area (Å²) in [6.07, 6.45) is 7.24. The molecule has 0 bridgehead atoms. The molecule has 2 fully saturated rings. The van der Waals surface area contributed by atoms with E-state index < -0.39 is 0 Å². The Hall–Kier alpha value is -1.69. The number of benzene rings is 1. The standard InChI is InChI=1S/C23H29Cl2N3O2/c24-19-3-1-4-20(22(19)25)28-14-12-27(13-15-28)11-10-17-6-8-18(9-7-17)26-23(29)21-5-2-16-30-21/h1-5,16-18H,6-15H2,(H,26,29). The lowest BCUT2D eigenvalue weighted by molar-refractivity contribution is 0.0891. The number of nitrogens with zero attached hydrogens (tertiary/aromatic N) is 2. The highest BCUT2D eigenvalue weighted by Crippen LogP contribution is 2.33. The van der Waals surface area contributed by atoms with Gasteiger partial charge in [-0.05, 0) is 68.8 Å². The molecular formula is C23H29Cl2N3O2. The highest BCUT2D eigenvalue weighted by Gasteiger charge is 2.25. The van der Waals surface area contributed by atoms with Gasteiger partial charge >= 0.3 is 0 Å². The average Bonchev–Trinajstić information content (AvgIpc) is 3.31. The van der Waals surface area contributed by atoms with Gasteiger partial charge in [-0.1, -0.05) is 29.3 Å². The molecule has 1 N–H and O–H groups in total. The van der Waals surface area contributed by atoms with Gasteiger partial charge in [0.15, 0.2) is 5.76 Å². The number of amides is 1. The third kappa shape index (κ3) is 5.32. The van der Waals surface area contributed by atoms with Gasteiger partial charge in [0.2, 0.25) is 0 Å². The van der Waals surface area contributed by atoms with Gasteiger partial charge in [0.05, 0.1) is 22.0 Å². The van der Waals surface area contributed by atoms with E-state index in [1.54, 1.807) is 12.1 Å². The first-order chi connectivity index (χ1) is 14.6. The molecule has 2 heterocycles. The molecule has 0 radical (unpaired) electrons. The Balaban J connectivity index is 1.15. The van der Waals surface area contributed by atoms with E-state index in [1.165, 1.54) is 25.5 Å². The molecular weight excluding hydrogens is 421 g/mol. The minimum atomic E-state index is -0.0962. The number of halogens is 2. The molecule has 1 saturated carbocycles. The minimum absolute atomic E-state index is 0.0962. The summed E-state index contributed by atoms with van der Waals surface area (Å²) in [6.45, 7) is 5.21. The van der Waals surface area contributed by atoms with E-state index in [2.05, 4.69) is 15.1 Å². The fraction of sp³-hybridized carbons (Fsp3) is 0.522. The molecule has 0 unspecified atom stereocenters. The summed E-state index contributed by atoms with van der Waals surface area (Å²) in [5, 5.41) is 4.38. The first kappa shape index (κ1) is 21.5. The number of hydrogen-bond donors (Lipinski definition) is 1. The van der Waals surface area contributed by atoms with E-state index in [9.17, 15) is 4.79 Å². The zero-order chi connectivity index (χ0) is 20.9. The summed E-state index contributed by atoms with van der Waals surface area (Å²) in [5.74, 6) is 1.05. The number of hydrogen-bond acceptors (Lipinski definition) is 4. The lowest BCUT2D eigenvalue weighted by Crippen LogP contribution is -2.47. The first-order valence-electron chi connectivity index (χ1n) is 10.9. The van der Waals surface area contributed by atoms with Crippen molar-refractivity contribution in [3.63, 3.8) is 0 Å². The predicted octanol–water partition coefficient (Wildman–Crippen LogP) is 5.09. The Labute approximate surface area is 188 Å². The highest BCUT2D eigenvalue weighted by molar-refractivity contribution is 6.43. The van der Waals surface area contributed by atoms with Crippen molar-refractivity contribution in [2.24, 2.45) is 5.92 Å². The molecule has 1 aromatic heterocycles. The maximum absolute atomic E-state index is 12.1. The van der Waals surface area contributed by atoms with Crippen LogP contribution in [0.5, 0.6) is 0 Å². The summed E-state index contributed by atoms with van der Waals surface area (Å²) in [4.78, 5) is 17.0. The molecule has 1 aromatic carbocycles. The molecule has 0 atom stereocenters. The van der Waals surface area contributed by atoms with Crippen LogP contribution < -0.4 is 10.2 Å². The highest BCUT2D eigenvalue weighted by atomic mass is 35.5. The van der Waals surface area contributed by atoms with Gasteiger partial charge in [-0.15, -0.1) is 0 Å². The minimum Gasteiger partial charge on any atom is -0.459 e. The van der Waals surface area contributed by atoms with Gasteiger partial charge in [0, 0.05) is 32.2 Å². The molecule has 1 aliphatic heterocycles. The van der Waals surface area contributed by atoms with Gasteiger partial charge < -0.3 is 14.6 Å². The fourth-order valence-corrected chi connectivity index (χ4v) is 4.99. The number of furan rings is 1. The molecule has 30 heavy (non-hydrogen) atoms. The van der Waals surface area contributed by atoms with Crippen molar-refractivity contribution in [1.82, 2.24) is 10.2 Å². The van der Waals surface area contributed by atoms with Crippen LogP contribution in [0.25, 0.3) is 0 Å². The maximum Gasteiger partial charge on any atom is 0.287 e. The molecule has 162 valence electrons. The molecule has 1 amide bonds. The van der Waals surface area contributed by atoms with E-state index in [1.807, 2.05) is 18.2 Å². The van der Waals surface area contributed by atoms with Crippen LogP contribution in [-0.2, 0) is 0 Å². The molecule has 7 heteroatoms. The van der Waals surface area contributed by atoms with Crippen molar-refractivity contribution >= 4 is 34.8 Å². The summed E-state index contributed by atoms with van der Waals surface area (Å²) < 4.78 is 5.18. The summed E-state index contributed by atoms with van der Waals surface area (Å²) in [6, 6.07) is 9.57. The molecule has 2 aromatic rings. The van der Waals surface area contributed by atoms with E-state index in [0.717, 1.165) is 57.2 Å². The van der Waals surface area contributed by atoms with Gasteiger partial charge in [-0.25, -0.2) is 0 Å². The van der Waals surface area contributed by atoms with Crippen LogP contribution in [0.15, 0.2) is 41.0 Å². The van der Waals surface area contributed by atoms with Crippen LogP contribution in [0.2, 0.25) is 10.0 Å². The Kier molecular flexibility index (Phi) is 7.24. The predicted molar refractivity (Wildman–Crippen MR) is 122 cm³/mol. The number of rotatable bonds is 6. The van der Waals surface area contributed by atoms with E-state index in [-0.39, 0.29) is 11.9 Å². The number of anilines is 1. The molecule has 1 saturated heterocycles. The SMILES string of the molecule is O=C(NC1CCC(CCN2CCN(c3cccc(Cl)c3Cl)CC2)CC1)c1ccco1. The second-order valence-corrected chi connectivity index (χ2v) is 9.14. The lowest BCUT2D eigenvalue weighted by Gasteiger charge is -2.37. The van der Waals surface area contributed by atoms with E-state index >= 15 is 0 Å². The maximum atomic E-state index is 12.1. The Morgan fingerprint density at radius 3 is 2.50 bits per heavy atom. The van der Waals surface area contributed by atoms with Crippen molar-refractivity contribution in [2.75, 3.05) is 37.6 Å². The van der Waals surface area contributed by atoms with Gasteiger partial charge in [0.1, 0.15) is 0 Å². The second-order valence-electron chi connectivity index (χ2n) is 8.36. The van der Waals surface area contributed by atoms with Crippen LogP contribution >= 0.6 is 23.2 Å². The van der Waals surface area contributed by atoms with Gasteiger partial charge in [0.25, 0.3) is 5.91 Å². The first-order valence-corrected chi connectivity index (χ1v) is 11.6. The van der Waals surface area contributed by atoms with Crippen molar-refractivity contribution in [3.05, 3.63) is 52.4 Å². The van der Waals surface area contributed by atoms with Crippen LogP contribution in [0, 0.1) is 5.92 Å². The monoisotopic (exact) mass is 449 g/mol. The Morgan fingerprint density at radius 1 is 1.03 bits per heavy atom. The zero-order valence-corrected chi connectivity index (χ0v) is 18.7. The molecule has 5 nitrogen and oxygen atoms in total. The van der Waals surface area contributed by atoms with E-state index in [0.29, 0.717) is 15.8 Å². The number of piperazine rings is 1. The third-order valence-corrected chi connectivity index (χ3v) is 7.23. The number of carbonyl (C=O) groups is 1.